The Morgan fingerprint density at radius 1 is 1.24 bits per heavy atom. The standard InChI is InChI=1S/C18H21F3N4O3S/c1-29(27,28)13-7-8-15(22-10-13)25-17(23-9-12-5-3-2-4-6-12)14(11-26)16(24-25)18(19,20)21/h7-8,10-12,23H,2-6,9H2,1H3. The molecule has 0 saturated heterocycles. The summed E-state index contributed by atoms with van der Waals surface area (Å²) < 4.78 is 64.3. The number of aromatic nitrogens is 3. The van der Waals surface area contributed by atoms with Crippen molar-refractivity contribution in [1.29, 1.82) is 0 Å². The van der Waals surface area contributed by atoms with E-state index in [1.165, 1.54) is 12.1 Å². The van der Waals surface area contributed by atoms with Gasteiger partial charge in [0.25, 0.3) is 0 Å². The fourth-order valence-corrected chi connectivity index (χ4v) is 4.00. The van der Waals surface area contributed by atoms with Crippen LogP contribution in [0.5, 0.6) is 0 Å². The molecule has 2 heterocycles. The van der Waals surface area contributed by atoms with Gasteiger partial charge in [-0.3, -0.25) is 4.79 Å². The van der Waals surface area contributed by atoms with E-state index in [1.54, 1.807) is 0 Å². The molecule has 0 amide bonds. The zero-order chi connectivity index (χ0) is 21.2. The highest BCUT2D eigenvalue weighted by atomic mass is 32.2. The Hall–Kier alpha value is -2.43. The average molecular weight is 430 g/mol. The molecular formula is C18H21F3N4O3S. The minimum absolute atomic E-state index is 0.0258. The minimum atomic E-state index is -4.82. The van der Waals surface area contributed by atoms with Gasteiger partial charge in [-0.05, 0) is 30.9 Å². The third-order valence-corrected chi connectivity index (χ3v) is 6.06. The fraction of sp³-hybridized carbons (Fsp3) is 0.500. The van der Waals surface area contributed by atoms with Crippen LogP contribution in [0.25, 0.3) is 5.82 Å². The first-order valence-electron chi connectivity index (χ1n) is 9.17. The van der Waals surface area contributed by atoms with Crippen LogP contribution in [0.1, 0.15) is 48.2 Å². The maximum absolute atomic E-state index is 13.4. The van der Waals surface area contributed by atoms with Gasteiger partial charge >= 0.3 is 6.18 Å². The first kappa shape index (κ1) is 21.3. The molecule has 1 N–H and O–H groups in total. The maximum atomic E-state index is 13.4. The Morgan fingerprint density at radius 3 is 2.45 bits per heavy atom. The molecule has 29 heavy (non-hydrogen) atoms. The number of rotatable bonds is 6. The summed E-state index contributed by atoms with van der Waals surface area (Å²) in [4.78, 5) is 15.4. The molecule has 11 heteroatoms. The number of carbonyl (C=O) groups excluding carboxylic acids is 1. The highest BCUT2D eigenvalue weighted by Gasteiger charge is 2.39. The molecule has 1 saturated carbocycles. The summed E-state index contributed by atoms with van der Waals surface area (Å²) in [6.07, 6.45) is 2.55. The van der Waals surface area contributed by atoms with Crippen molar-refractivity contribution in [3.63, 3.8) is 0 Å². The number of aldehydes is 1. The predicted molar refractivity (Wildman–Crippen MR) is 99.9 cm³/mol. The lowest BCUT2D eigenvalue weighted by Crippen LogP contribution is -2.19. The van der Waals surface area contributed by atoms with Crippen molar-refractivity contribution >= 4 is 21.9 Å². The van der Waals surface area contributed by atoms with E-state index in [9.17, 15) is 26.4 Å². The first-order valence-corrected chi connectivity index (χ1v) is 11.1. The zero-order valence-corrected chi connectivity index (χ0v) is 16.6. The molecule has 0 spiro atoms. The molecular weight excluding hydrogens is 409 g/mol. The van der Waals surface area contributed by atoms with Crippen LogP contribution < -0.4 is 5.32 Å². The topological polar surface area (TPSA) is 94.0 Å². The molecule has 2 aromatic heterocycles. The minimum Gasteiger partial charge on any atom is -0.369 e. The normalized spacial score (nSPS) is 16.0. The molecule has 0 aliphatic heterocycles. The molecule has 1 aliphatic carbocycles. The SMILES string of the molecule is CS(=O)(=O)c1ccc(-n2nc(C(F)(F)F)c(C=O)c2NCC2CCCCC2)nc1. The number of hydrogen-bond acceptors (Lipinski definition) is 6. The van der Waals surface area contributed by atoms with E-state index in [4.69, 9.17) is 0 Å². The van der Waals surface area contributed by atoms with Crippen LogP contribution in [-0.4, -0.2) is 42.3 Å². The van der Waals surface area contributed by atoms with Crippen LogP contribution in [-0.2, 0) is 16.0 Å². The number of pyridine rings is 1. The number of nitrogens with zero attached hydrogens (tertiary/aromatic N) is 3. The smallest absolute Gasteiger partial charge is 0.369 e. The number of nitrogens with one attached hydrogen (secondary N) is 1. The van der Waals surface area contributed by atoms with Gasteiger partial charge in [-0.15, -0.1) is 0 Å². The molecule has 0 unspecified atom stereocenters. The molecule has 1 fully saturated rings. The summed E-state index contributed by atoms with van der Waals surface area (Å²) >= 11 is 0. The third kappa shape index (κ3) is 4.77. The van der Waals surface area contributed by atoms with E-state index in [0.29, 0.717) is 12.5 Å². The van der Waals surface area contributed by atoms with E-state index in [2.05, 4.69) is 15.4 Å². The molecule has 0 radical (unpaired) electrons. The van der Waals surface area contributed by atoms with Crippen molar-refractivity contribution in [3.05, 3.63) is 29.6 Å². The number of halogens is 3. The Balaban J connectivity index is 2.02. The second-order valence-electron chi connectivity index (χ2n) is 7.15. The zero-order valence-electron chi connectivity index (χ0n) is 15.7. The van der Waals surface area contributed by atoms with Gasteiger partial charge in [0, 0.05) is 19.0 Å². The van der Waals surface area contributed by atoms with Crippen molar-refractivity contribution in [2.75, 3.05) is 18.1 Å². The van der Waals surface area contributed by atoms with Gasteiger partial charge in [-0.2, -0.15) is 23.0 Å². The highest BCUT2D eigenvalue weighted by molar-refractivity contribution is 7.90. The van der Waals surface area contributed by atoms with E-state index >= 15 is 0 Å². The van der Waals surface area contributed by atoms with Gasteiger partial charge in [0.15, 0.2) is 27.6 Å². The lowest BCUT2D eigenvalue weighted by atomic mass is 9.89. The van der Waals surface area contributed by atoms with Gasteiger partial charge in [0.05, 0.1) is 10.5 Å². The van der Waals surface area contributed by atoms with E-state index in [1.807, 2.05) is 0 Å². The van der Waals surface area contributed by atoms with Crippen molar-refractivity contribution in [2.24, 2.45) is 5.92 Å². The number of sulfone groups is 1. The molecule has 0 bridgehead atoms. The summed E-state index contributed by atoms with van der Waals surface area (Å²) in [5, 5.41) is 6.51. The number of carbonyl (C=O) groups is 1. The Bertz CT molecular complexity index is 979. The van der Waals surface area contributed by atoms with Crippen molar-refractivity contribution in [3.8, 4) is 5.82 Å². The van der Waals surface area contributed by atoms with Gasteiger partial charge in [0.2, 0.25) is 0 Å². The lowest BCUT2D eigenvalue weighted by molar-refractivity contribution is -0.141. The van der Waals surface area contributed by atoms with Gasteiger partial charge in [0.1, 0.15) is 5.82 Å². The van der Waals surface area contributed by atoms with Crippen LogP contribution in [0, 0.1) is 5.92 Å². The van der Waals surface area contributed by atoms with Gasteiger partial charge < -0.3 is 5.32 Å². The van der Waals surface area contributed by atoms with Crippen LogP contribution in [0.4, 0.5) is 19.0 Å². The van der Waals surface area contributed by atoms with E-state index < -0.39 is 27.3 Å². The monoisotopic (exact) mass is 430 g/mol. The predicted octanol–water partition coefficient (Wildman–Crippen LogP) is 3.49. The van der Waals surface area contributed by atoms with Crippen molar-refractivity contribution in [2.45, 2.75) is 43.2 Å². The summed E-state index contributed by atoms with van der Waals surface area (Å²) in [5.74, 6) is 0.168. The fourth-order valence-electron chi connectivity index (χ4n) is 3.44. The van der Waals surface area contributed by atoms with Crippen molar-refractivity contribution < 1.29 is 26.4 Å². The van der Waals surface area contributed by atoms with E-state index in [0.717, 1.165) is 49.2 Å². The maximum Gasteiger partial charge on any atom is 0.435 e. The second kappa shape index (κ2) is 8.13. The van der Waals surface area contributed by atoms with Crippen LogP contribution in [0.2, 0.25) is 0 Å². The Morgan fingerprint density at radius 2 is 1.93 bits per heavy atom. The summed E-state index contributed by atoms with van der Waals surface area (Å²) in [7, 11) is -3.51. The lowest BCUT2D eigenvalue weighted by Gasteiger charge is -2.22. The van der Waals surface area contributed by atoms with Crippen molar-refractivity contribution in [1.82, 2.24) is 14.8 Å². The molecule has 3 rings (SSSR count). The summed E-state index contributed by atoms with van der Waals surface area (Å²) in [6.45, 7) is 0.408. The number of hydrogen-bond donors (Lipinski definition) is 1. The summed E-state index contributed by atoms with van der Waals surface area (Å²) in [6, 6.07) is 2.49. The van der Waals surface area contributed by atoms with Gasteiger partial charge in [-0.1, -0.05) is 19.3 Å². The summed E-state index contributed by atoms with van der Waals surface area (Å²) in [5.41, 5.74) is -1.91. The number of anilines is 1. The molecule has 7 nitrogen and oxygen atoms in total. The highest BCUT2D eigenvalue weighted by Crippen LogP contribution is 2.35. The quantitative estimate of drug-likeness (QED) is 0.705. The average Bonchev–Trinajstić information content (AvgIpc) is 3.05. The largest absolute Gasteiger partial charge is 0.435 e. The number of alkyl halides is 3. The molecule has 158 valence electrons. The Kier molecular flexibility index (Phi) is 5.97. The molecule has 1 aliphatic rings. The molecule has 0 atom stereocenters. The first-order chi connectivity index (χ1) is 13.6. The van der Waals surface area contributed by atoms with E-state index in [-0.39, 0.29) is 22.8 Å². The second-order valence-corrected chi connectivity index (χ2v) is 9.16. The van der Waals surface area contributed by atoms with Gasteiger partial charge in [-0.25, -0.2) is 13.4 Å². The van der Waals surface area contributed by atoms with Crippen LogP contribution >= 0.6 is 0 Å². The molecule has 0 aromatic carbocycles. The molecule has 2 aromatic rings. The Labute approximate surface area is 166 Å². The third-order valence-electron chi connectivity index (χ3n) is 4.96. The van der Waals surface area contributed by atoms with Crippen LogP contribution in [0.3, 0.4) is 0 Å². The van der Waals surface area contributed by atoms with Crippen LogP contribution in [0.15, 0.2) is 23.2 Å².